The molecule has 106 valence electrons. The van der Waals surface area contributed by atoms with E-state index in [0.717, 1.165) is 0 Å². The predicted octanol–water partition coefficient (Wildman–Crippen LogP) is 0.0479. The summed E-state index contributed by atoms with van der Waals surface area (Å²) in [4.78, 5) is 42.6. The zero-order valence-corrected chi connectivity index (χ0v) is 12.5. The van der Waals surface area contributed by atoms with Gasteiger partial charge in [0, 0.05) is 20.0 Å². The average molecular weight is 318 g/mol. The van der Waals surface area contributed by atoms with Crippen molar-refractivity contribution in [2.24, 2.45) is 4.99 Å². The van der Waals surface area contributed by atoms with Crippen LogP contribution in [0.3, 0.4) is 0 Å². The van der Waals surface area contributed by atoms with Crippen molar-refractivity contribution in [1.82, 2.24) is 4.90 Å². The molecule has 0 aromatic heterocycles. The highest BCUT2D eigenvalue weighted by molar-refractivity contribution is 7.84. The monoisotopic (exact) mass is 318 g/mol. The Balaban J connectivity index is 3.58. The van der Waals surface area contributed by atoms with Crippen LogP contribution in [0.15, 0.2) is 4.99 Å². The van der Waals surface area contributed by atoms with E-state index in [9.17, 15) is 28.7 Å². The molecule has 0 aromatic rings. The molecule has 0 aliphatic carbocycles. The number of amidine groups is 1. The van der Waals surface area contributed by atoms with E-state index in [-0.39, 0.29) is 12.4 Å². The minimum Gasteiger partial charge on any atom is -0.362 e. The minimum atomic E-state index is -5.18. The smallest absolute Gasteiger partial charge is 0.362 e. The number of hydrogen-bond donors (Lipinski definition) is 5. The lowest BCUT2D eigenvalue weighted by atomic mass is 10.2. The van der Waals surface area contributed by atoms with Gasteiger partial charge in [-0.3, -0.25) is 9.13 Å². The van der Waals surface area contributed by atoms with Crippen LogP contribution in [0, 0.1) is 0 Å². The maximum Gasteiger partial charge on any atom is 0.366 e. The normalized spacial score (nSPS) is 24.9. The fraction of sp³-hybridized carbons (Fsp3) is 0.857. The molecular weight excluding hydrogens is 302 g/mol. The summed E-state index contributed by atoms with van der Waals surface area (Å²) in [6.07, 6.45) is 0.304. The Kier molecular flexibility index (Phi) is 4.41. The first-order valence-electron chi connectivity index (χ1n) is 5.06. The van der Waals surface area contributed by atoms with Crippen LogP contribution in [-0.4, -0.2) is 54.2 Å². The van der Waals surface area contributed by atoms with Crippen LogP contribution in [0.4, 0.5) is 0 Å². The molecule has 1 heterocycles. The van der Waals surface area contributed by atoms with E-state index in [4.69, 9.17) is 0 Å². The van der Waals surface area contributed by atoms with E-state index < -0.39 is 25.5 Å². The molecule has 0 saturated carbocycles. The molecule has 0 bridgehead atoms. The van der Waals surface area contributed by atoms with E-state index in [1.807, 2.05) is 0 Å². The molecular formula is C7H16N2O6P2S. The molecule has 0 fully saturated rings. The molecule has 0 radical (unpaired) electrons. The lowest BCUT2D eigenvalue weighted by Crippen LogP contribution is -2.50. The summed E-state index contributed by atoms with van der Waals surface area (Å²) in [7, 11) is -8.74. The van der Waals surface area contributed by atoms with Crippen LogP contribution < -0.4 is 0 Å². The molecule has 11 heteroatoms. The van der Waals surface area contributed by atoms with Gasteiger partial charge < -0.3 is 24.5 Å². The summed E-state index contributed by atoms with van der Waals surface area (Å²) < 4.78 is 23.1. The van der Waals surface area contributed by atoms with Gasteiger partial charge in [0.1, 0.15) is 5.84 Å². The van der Waals surface area contributed by atoms with Crippen LogP contribution in [-0.2, 0) is 9.13 Å². The fourth-order valence-corrected chi connectivity index (χ4v) is 5.87. The van der Waals surface area contributed by atoms with Crippen molar-refractivity contribution in [3.8, 4) is 0 Å². The molecule has 1 aliphatic rings. The van der Waals surface area contributed by atoms with Crippen LogP contribution in [0.2, 0.25) is 0 Å². The van der Waals surface area contributed by atoms with Crippen molar-refractivity contribution in [3.05, 3.63) is 0 Å². The number of nitrogens with zero attached hydrogens (tertiary/aromatic N) is 2. The number of aliphatic imine (C=N–C) groups is 1. The topological polar surface area (TPSA) is 131 Å². The van der Waals surface area contributed by atoms with E-state index >= 15 is 0 Å². The van der Waals surface area contributed by atoms with Gasteiger partial charge in [0.05, 0.1) is 5.25 Å². The first-order chi connectivity index (χ1) is 7.97. The molecule has 0 saturated heterocycles. The van der Waals surface area contributed by atoms with Crippen molar-refractivity contribution in [2.75, 3.05) is 13.6 Å². The summed E-state index contributed by atoms with van der Waals surface area (Å²) in [6.45, 7) is 1.67. The molecule has 0 aromatic carbocycles. The summed E-state index contributed by atoms with van der Waals surface area (Å²) in [5.41, 5.74) is 0. The second-order valence-electron chi connectivity index (χ2n) is 4.05. The van der Waals surface area contributed by atoms with Gasteiger partial charge in [0.15, 0.2) is 0 Å². The Bertz CT molecular complexity index is 435. The molecule has 1 aliphatic heterocycles. The van der Waals surface area contributed by atoms with Crippen LogP contribution in [0.5, 0.6) is 0 Å². The maximum atomic E-state index is 11.6. The van der Waals surface area contributed by atoms with Crippen molar-refractivity contribution in [3.63, 3.8) is 0 Å². The maximum absolute atomic E-state index is 11.6. The summed E-state index contributed by atoms with van der Waals surface area (Å²) in [5.74, 6) is 0.229. The molecule has 8 nitrogen and oxygen atoms in total. The largest absolute Gasteiger partial charge is 0.366 e. The summed E-state index contributed by atoms with van der Waals surface area (Å²) >= 11 is 3.93. The average Bonchev–Trinajstić information content (AvgIpc) is 2.13. The fourth-order valence-electron chi connectivity index (χ4n) is 1.87. The van der Waals surface area contributed by atoms with Crippen molar-refractivity contribution >= 4 is 33.7 Å². The Labute approximate surface area is 110 Å². The van der Waals surface area contributed by atoms with E-state index in [1.165, 1.54) is 0 Å². The molecule has 4 N–H and O–H groups in total. The van der Waals surface area contributed by atoms with E-state index in [1.54, 1.807) is 18.9 Å². The van der Waals surface area contributed by atoms with E-state index in [0.29, 0.717) is 6.42 Å². The molecule has 0 amide bonds. The lowest BCUT2D eigenvalue weighted by Gasteiger charge is -2.42. The van der Waals surface area contributed by atoms with Gasteiger partial charge in [0.2, 0.25) is 0 Å². The minimum absolute atomic E-state index is 0.00793. The second kappa shape index (κ2) is 4.90. The van der Waals surface area contributed by atoms with Gasteiger partial charge in [-0.25, -0.2) is 4.99 Å². The Morgan fingerprint density at radius 1 is 1.39 bits per heavy atom. The molecule has 18 heavy (non-hydrogen) atoms. The van der Waals surface area contributed by atoms with Gasteiger partial charge in [-0.1, -0.05) is 6.92 Å². The van der Waals surface area contributed by atoms with Gasteiger partial charge in [0.25, 0.3) is 5.02 Å². The van der Waals surface area contributed by atoms with Crippen molar-refractivity contribution in [2.45, 2.75) is 23.6 Å². The van der Waals surface area contributed by atoms with Gasteiger partial charge in [-0.2, -0.15) is 12.6 Å². The third kappa shape index (κ3) is 2.41. The van der Waals surface area contributed by atoms with E-state index in [2.05, 4.69) is 17.6 Å². The van der Waals surface area contributed by atoms with Crippen LogP contribution in [0.1, 0.15) is 13.3 Å². The zero-order chi connectivity index (χ0) is 14.4. The molecule has 1 atom stereocenters. The highest BCUT2D eigenvalue weighted by Crippen LogP contribution is 2.72. The van der Waals surface area contributed by atoms with Gasteiger partial charge >= 0.3 is 15.2 Å². The molecule has 0 spiro atoms. The van der Waals surface area contributed by atoms with Crippen molar-refractivity contribution in [1.29, 1.82) is 0 Å². The highest BCUT2D eigenvalue weighted by atomic mass is 32.1. The number of rotatable bonds is 3. The predicted molar refractivity (Wildman–Crippen MR) is 69.9 cm³/mol. The highest BCUT2D eigenvalue weighted by Gasteiger charge is 2.66. The van der Waals surface area contributed by atoms with Gasteiger partial charge in [-0.15, -0.1) is 0 Å². The first kappa shape index (κ1) is 16.2. The third-order valence-corrected chi connectivity index (χ3v) is 7.85. The quantitative estimate of drug-likeness (QED) is 0.367. The van der Waals surface area contributed by atoms with Gasteiger partial charge in [-0.05, 0) is 0 Å². The Hall–Kier alpha value is 0.120. The number of thiol groups is 1. The molecule has 1 unspecified atom stereocenters. The second-order valence-corrected chi connectivity index (χ2v) is 8.57. The van der Waals surface area contributed by atoms with Crippen LogP contribution in [0.25, 0.3) is 0 Å². The summed E-state index contributed by atoms with van der Waals surface area (Å²) in [6, 6.07) is 0. The van der Waals surface area contributed by atoms with Crippen LogP contribution >= 0.6 is 27.8 Å². The Morgan fingerprint density at radius 2 is 1.83 bits per heavy atom. The molecule has 1 rings (SSSR count). The Morgan fingerprint density at radius 3 is 2.17 bits per heavy atom. The zero-order valence-electron chi connectivity index (χ0n) is 9.83. The van der Waals surface area contributed by atoms with Crippen molar-refractivity contribution < 1.29 is 28.7 Å². The summed E-state index contributed by atoms with van der Waals surface area (Å²) in [5, 5.41) is -4.06. The first-order valence-corrected chi connectivity index (χ1v) is 8.80. The number of hydrogen-bond acceptors (Lipinski definition) is 5. The lowest BCUT2D eigenvalue weighted by molar-refractivity contribution is 0.290. The SMILES string of the molecule is CCC1=NC(P(=O)(O)O)(P(=O)(O)O)C(S)CN1C. The third-order valence-electron chi connectivity index (χ3n) is 2.80. The standard InChI is InChI=1S/C7H16N2O6P2S/c1-3-6-8-7(16(10,11)12,17(13,14)15)5(18)4-9(6)2/h5,18H,3-4H2,1-2H3,(H2,10,11,12)(H2,13,14,15).